The van der Waals surface area contributed by atoms with Gasteiger partial charge in [0, 0.05) is 30.1 Å². The van der Waals surface area contributed by atoms with Gasteiger partial charge in [0.05, 0.1) is 0 Å². The molecule has 1 rings (SSSR count). The monoisotopic (exact) mass is 332 g/mol. The molecule has 1 aromatic rings. The maximum atomic E-state index is 13.0. The smallest absolute Gasteiger partial charge is 0.244 e. The lowest BCUT2D eigenvalue weighted by Gasteiger charge is -2.26. The summed E-state index contributed by atoms with van der Waals surface area (Å²) in [5, 5.41) is 5.25. The van der Waals surface area contributed by atoms with Gasteiger partial charge in [-0.2, -0.15) is 4.31 Å². The van der Waals surface area contributed by atoms with Gasteiger partial charge in [-0.1, -0.05) is 20.8 Å². The van der Waals surface area contributed by atoms with Crippen LogP contribution in [0.3, 0.4) is 0 Å². The average Bonchev–Trinajstić information content (AvgIpc) is 2.74. The number of sulfonamides is 1. The number of nitrogens with zero attached hydrogens (tertiary/aromatic N) is 1. The van der Waals surface area contributed by atoms with Crippen molar-refractivity contribution in [2.24, 2.45) is 0 Å². The van der Waals surface area contributed by atoms with Gasteiger partial charge in [0.2, 0.25) is 10.0 Å². The predicted molar refractivity (Wildman–Crippen MR) is 90.4 cm³/mol. The third-order valence-corrected chi connectivity index (χ3v) is 6.79. The summed E-state index contributed by atoms with van der Waals surface area (Å²) in [6.07, 6.45) is 0.820. The molecule has 0 atom stereocenters. The van der Waals surface area contributed by atoms with Crippen LogP contribution in [-0.2, 0) is 16.6 Å². The Morgan fingerprint density at radius 3 is 2.38 bits per heavy atom. The summed E-state index contributed by atoms with van der Waals surface area (Å²) in [5.41, 5.74) is 0.849. The highest BCUT2D eigenvalue weighted by Crippen LogP contribution is 2.30. The van der Waals surface area contributed by atoms with E-state index in [0.717, 1.165) is 16.9 Å². The van der Waals surface area contributed by atoms with Gasteiger partial charge in [-0.15, -0.1) is 11.3 Å². The molecule has 0 amide bonds. The molecule has 1 heterocycles. The summed E-state index contributed by atoms with van der Waals surface area (Å²) in [6.45, 7) is 13.0. The molecule has 1 aromatic heterocycles. The second-order valence-electron chi connectivity index (χ2n) is 5.92. The maximum Gasteiger partial charge on any atom is 0.244 e. The molecule has 0 aliphatic carbocycles. The van der Waals surface area contributed by atoms with E-state index < -0.39 is 10.0 Å². The highest BCUT2D eigenvalue weighted by molar-refractivity contribution is 7.89. The number of nitrogens with one attached hydrogen (secondary N) is 1. The lowest BCUT2D eigenvalue weighted by Crippen LogP contribution is -2.38. The highest BCUT2D eigenvalue weighted by Gasteiger charge is 2.31. The van der Waals surface area contributed by atoms with Crippen LogP contribution in [-0.4, -0.2) is 31.4 Å². The first kappa shape index (κ1) is 18.6. The van der Waals surface area contributed by atoms with E-state index in [1.807, 2.05) is 33.1 Å². The first-order valence-corrected chi connectivity index (χ1v) is 9.85. The van der Waals surface area contributed by atoms with Gasteiger partial charge in [-0.25, -0.2) is 8.42 Å². The predicted octanol–water partition coefficient (Wildman–Crippen LogP) is 3.36. The fourth-order valence-electron chi connectivity index (χ4n) is 2.25. The summed E-state index contributed by atoms with van der Waals surface area (Å²) in [5.74, 6) is 0. The molecule has 0 saturated carbocycles. The minimum absolute atomic E-state index is 0.0276. The zero-order chi connectivity index (χ0) is 16.2. The molecule has 0 aliphatic rings. The quantitative estimate of drug-likeness (QED) is 0.794. The Morgan fingerprint density at radius 1 is 1.29 bits per heavy atom. The number of rotatable bonds is 8. The van der Waals surface area contributed by atoms with Crippen LogP contribution < -0.4 is 5.32 Å². The third-order valence-electron chi connectivity index (χ3n) is 3.25. The Labute approximate surface area is 133 Å². The van der Waals surface area contributed by atoms with Crippen LogP contribution in [0.2, 0.25) is 0 Å². The first-order valence-electron chi connectivity index (χ1n) is 7.54. The molecule has 0 radical (unpaired) electrons. The van der Waals surface area contributed by atoms with Crippen molar-refractivity contribution in [3.8, 4) is 0 Å². The van der Waals surface area contributed by atoms with E-state index in [1.165, 1.54) is 11.3 Å². The number of hydrogen-bond donors (Lipinski definition) is 1. The average molecular weight is 333 g/mol. The summed E-state index contributed by atoms with van der Waals surface area (Å²) in [7, 11) is -3.42. The van der Waals surface area contributed by atoms with Crippen molar-refractivity contribution >= 4 is 21.4 Å². The van der Waals surface area contributed by atoms with Gasteiger partial charge in [0.15, 0.2) is 0 Å². The van der Waals surface area contributed by atoms with Crippen molar-refractivity contribution in [3.05, 3.63) is 15.8 Å². The van der Waals surface area contributed by atoms with Gasteiger partial charge in [-0.05, 0) is 38.1 Å². The Balaban J connectivity index is 3.20. The minimum Gasteiger partial charge on any atom is -0.310 e. The van der Waals surface area contributed by atoms with Crippen molar-refractivity contribution in [3.63, 3.8) is 0 Å². The standard InChI is InChI=1S/C15H28N2O2S2/c1-7-8-17(12(4)5)21(18,19)15-13(6)10-20-14(15)9-16-11(2)3/h10-12,16H,7-9H2,1-6H3. The zero-order valence-electron chi connectivity index (χ0n) is 13.9. The third kappa shape index (κ3) is 4.52. The normalized spacial score (nSPS) is 12.8. The first-order chi connectivity index (χ1) is 9.71. The highest BCUT2D eigenvalue weighted by atomic mass is 32.2. The fourth-order valence-corrected chi connectivity index (χ4v) is 5.69. The van der Waals surface area contributed by atoms with Crippen LogP contribution >= 0.6 is 11.3 Å². The molecule has 0 aromatic carbocycles. The second-order valence-corrected chi connectivity index (χ2v) is 8.71. The van der Waals surface area contributed by atoms with Gasteiger partial charge in [0.25, 0.3) is 0 Å². The summed E-state index contributed by atoms with van der Waals surface area (Å²) >= 11 is 1.52. The van der Waals surface area contributed by atoms with E-state index in [1.54, 1.807) is 4.31 Å². The van der Waals surface area contributed by atoms with Gasteiger partial charge >= 0.3 is 0 Å². The fraction of sp³-hybridized carbons (Fsp3) is 0.733. The lowest BCUT2D eigenvalue weighted by atomic mass is 10.3. The molecule has 1 N–H and O–H groups in total. The molecule has 4 nitrogen and oxygen atoms in total. The zero-order valence-corrected chi connectivity index (χ0v) is 15.6. The molecule has 0 unspecified atom stereocenters. The van der Waals surface area contributed by atoms with Gasteiger partial charge in [0.1, 0.15) is 4.90 Å². The molecule has 122 valence electrons. The summed E-state index contributed by atoms with van der Waals surface area (Å²) in [6, 6.07) is 0.306. The van der Waals surface area contributed by atoms with Crippen LogP contribution in [0.15, 0.2) is 10.3 Å². The molecule has 0 fully saturated rings. The van der Waals surface area contributed by atoms with Crippen LogP contribution in [0.5, 0.6) is 0 Å². The van der Waals surface area contributed by atoms with E-state index >= 15 is 0 Å². The Bertz CT molecular complexity index is 548. The molecular weight excluding hydrogens is 304 g/mol. The van der Waals surface area contributed by atoms with Gasteiger partial charge in [-0.3, -0.25) is 0 Å². The topological polar surface area (TPSA) is 49.4 Å². The minimum atomic E-state index is -3.42. The Kier molecular flexibility index (Phi) is 6.84. The van der Waals surface area contributed by atoms with Crippen molar-refractivity contribution in [1.29, 1.82) is 0 Å². The number of hydrogen-bond acceptors (Lipinski definition) is 4. The molecule has 0 saturated heterocycles. The molecular formula is C15H28N2O2S2. The molecule has 0 spiro atoms. The molecule has 21 heavy (non-hydrogen) atoms. The summed E-state index contributed by atoms with van der Waals surface area (Å²) in [4.78, 5) is 1.41. The van der Waals surface area contributed by atoms with E-state index in [0.29, 0.717) is 24.0 Å². The van der Waals surface area contributed by atoms with E-state index in [4.69, 9.17) is 0 Å². The van der Waals surface area contributed by atoms with E-state index in [9.17, 15) is 8.42 Å². The largest absolute Gasteiger partial charge is 0.310 e. The van der Waals surface area contributed by atoms with Crippen molar-refractivity contribution < 1.29 is 8.42 Å². The Morgan fingerprint density at radius 2 is 1.90 bits per heavy atom. The van der Waals surface area contributed by atoms with Crippen LogP contribution in [0, 0.1) is 6.92 Å². The van der Waals surface area contributed by atoms with Crippen LogP contribution in [0.1, 0.15) is 51.5 Å². The van der Waals surface area contributed by atoms with E-state index in [-0.39, 0.29) is 6.04 Å². The van der Waals surface area contributed by atoms with Crippen LogP contribution in [0.25, 0.3) is 0 Å². The molecule has 0 aliphatic heterocycles. The van der Waals surface area contributed by atoms with E-state index in [2.05, 4.69) is 19.2 Å². The lowest BCUT2D eigenvalue weighted by molar-refractivity contribution is 0.353. The molecule has 6 heteroatoms. The van der Waals surface area contributed by atoms with Crippen molar-refractivity contribution in [2.75, 3.05) is 6.54 Å². The number of aryl methyl sites for hydroxylation is 1. The van der Waals surface area contributed by atoms with Crippen molar-refractivity contribution in [1.82, 2.24) is 9.62 Å². The SMILES string of the molecule is CCCN(C(C)C)S(=O)(=O)c1c(C)csc1CNC(C)C. The summed E-state index contributed by atoms with van der Waals surface area (Å²) < 4.78 is 27.6. The van der Waals surface area contributed by atoms with Crippen LogP contribution in [0.4, 0.5) is 0 Å². The Hall–Kier alpha value is -0.430. The second kappa shape index (κ2) is 7.72. The maximum absolute atomic E-state index is 13.0. The van der Waals surface area contributed by atoms with Gasteiger partial charge < -0.3 is 5.32 Å². The molecule has 0 bridgehead atoms. The number of thiophene rings is 1. The van der Waals surface area contributed by atoms with Crippen molar-refractivity contribution in [2.45, 2.75) is 71.5 Å².